The first-order valence-electron chi connectivity index (χ1n) is 6.65. The zero-order chi connectivity index (χ0) is 11.7. The van der Waals surface area contributed by atoms with Gasteiger partial charge in [-0.3, -0.25) is 0 Å². The van der Waals surface area contributed by atoms with Gasteiger partial charge in [0, 0.05) is 0 Å². The second kappa shape index (κ2) is 8.34. The summed E-state index contributed by atoms with van der Waals surface area (Å²) in [4.78, 5) is 0. The van der Waals surface area contributed by atoms with E-state index in [4.69, 9.17) is 4.43 Å². The van der Waals surface area contributed by atoms with Crippen molar-refractivity contribution in [3.8, 4) is 0 Å². The van der Waals surface area contributed by atoms with Gasteiger partial charge in [0.1, 0.15) is 10.5 Å². The van der Waals surface area contributed by atoms with Crippen molar-refractivity contribution in [1.29, 1.82) is 0 Å². The monoisotopic (exact) mass is 230 g/mol. The summed E-state index contributed by atoms with van der Waals surface area (Å²) in [5, 5.41) is 0. The first-order chi connectivity index (χ1) is 7.10. The Kier molecular flexibility index (Phi) is 8.44. The molecule has 0 N–H and O–H groups in total. The first kappa shape index (κ1) is 15.2. The minimum Gasteiger partial charge on any atom is -0.422 e. The molecule has 0 aromatic rings. The van der Waals surface area contributed by atoms with Crippen LogP contribution in [-0.4, -0.2) is 16.1 Å². The summed E-state index contributed by atoms with van der Waals surface area (Å²) in [5.41, 5.74) is 0.229. The van der Waals surface area contributed by atoms with Crippen LogP contribution in [0.5, 0.6) is 0 Å². The van der Waals surface area contributed by atoms with E-state index < -0.39 is 0 Å². The number of hydrogen-bond acceptors (Lipinski definition) is 1. The van der Waals surface area contributed by atoms with Crippen molar-refractivity contribution in [2.24, 2.45) is 5.92 Å². The minimum atomic E-state index is 0.229. The van der Waals surface area contributed by atoms with Gasteiger partial charge in [0.15, 0.2) is 0 Å². The fourth-order valence-corrected chi connectivity index (χ4v) is 2.93. The second-order valence-electron chi connectivity index (χ2n) is 5.19. The maximum absolute atomic E-state index is 5.99. The van der Waals surface area contributed by atoms with E-state index in [0.29, 0.717) is 0 Å². The zero-order valence-corrected chi connectivity index (χ0v) is 13.4. The lowest BCUT2D eigenvalue weighted by molar-refractivity contribution is 0.0337. The summed E-state index contributed by atoms with van der Waals surface area (Å²) in [7, 11) is 0.885. The normalized spacial score (nSPS) is 12.6. The summed E-state index contributed by atoms with van der Waals surface area (Å²) in [5.74, 6) is 0.757. The largest absolute Gasteiger partial charge is 0.422 e. The van der Waals surface area contributed by atoms with Gasteiger partial charge in [-0.25, -0.2) is 0 Å². The molecule has 0 bridgehead atoms. The smallest absolute Gasteiger partial charge is 0.146 e. The molecule has 0 aliphatic rings. The molecule has 0 fully saturated rings. The van der Waals surface area contributed by atoms with Crippen LogP contribution >= 0.6 is 0 Å². The fourth-order valence-electron chi connectivity index (χ4n) is 2.36. The van der Waals surface area contributed by atoms with Crippen LogP contribution in [0.3, 0.4) is 0 Å². The van der Waals surface area contributed by atoms with Crippen LogP contribution in [0.2, 0.25) is 0 Å². The van der Waals surface area contributed by atoms with Gasteiger partial charge in [0.05, 0.1) is 5.60 Å². The number of rotatable bonds is 9. The molecule has 0 rings (SSSR count). The molecule has 0 amide bonds. The average molecular weight is 230 g/mol. The second-order valence-corrected chi connectivity index (χ2v) is 5.60. The molecule has 0 aliphatic heterocycles. The third-order valence-corrected chi connectivity index (χ3v) is 4.05. The van der Waals surface area contributed by atoms with Crippen molar-refractivity contribution in [2.75, 3.05) is 0 Å². The molecule has 0 unspecified atom stereocenters. The van der Waals surface area contributed by atoms with Crippen LogP contribution < -0.4 is 0 Å². The average Bonchev–Trinajstić information content (AvgIpc) is 2.22. The third kappa shape index (κ3) is 6.36. The van der Waals surface area contributed by atoms with E-state index >= 15 is 0 Å². The molecule has 0 radical (unpaired) electrons. The third-order valence-electron chi connectivity index (χ3n) is 3.19. The van der Waals surface area contributed by atoms with Crippen molar-refractivity contribution in [3.05, 3.63) is 0 Å². The highest BCUT2D eigenvalue weighted by molar-refractivity contribution is 5.98. The Bertz CT molecular complexity index is 137. The Morgan fingerprint density at radius 2 is 1.53 bits per heavy atom. The Morgan fingerprint density at radius 3 is 1.80 bits per heavy atom. The Hall–Kier alpha value is 0.177. The van der Waals surface area contributed by atoms with Crippen LogP contribution in [-0.2, 0) is 4.43 Å². The van der Waals surface area contributed by atoms with Gasteiger partial charge in [-0.2, -0.15) is 0 Å². The van der Waals surface area contributed by atoms with E-state index in [1.807, 2.05) is 0 Å². The molecule has 0 aromatic heterocycles. The first-order valence-corrected chi connectivity index (χ1v) is 7.47. The number of hydrogen-bond donors (Lipinski definition) is 0. The maximum atomic E-state index is 5.99. The van der Waals surface area contributed by atoms with Gasteiger partial charge >= 0.3 is 0 Å². The molecule has 0 saturated heterocycles. The van der Waals surface area contributed by atoms with Crippen LogP contribution in [0.1, 0.15) is 72.6 Å². The van der Waals surface area contributed by atoms with E-state index in [1.54, 1.807) is 0 Å². The molecule has 2 heteroatoms. The van der Waals surface area contributed by atoms with Gasteiger partial charge < -0.3 is 4.43 Å². The molecule has 0 heterocycles. The summed E-state index contributed by atoms with van der Waals surface area (Å²) >= 11 is 0. The molecule has 15 heavy (non-hydrogen) atoms. The van der Waals surface area contributed by atoms with E-state index in [2.05, 4.69) is 27.7 Å². The fraction of sp³-hybridized carbons (Fsp3) is 1.00. The predicted molar refractivity (Wildman–Crippen MR) is 72.3 cm³/mol. The standard InChI is InChI=1S/C13H30OSi/c1-5-7-9-13(14-15,10-8-6-2)11-12(3)4/h12H,5-11H2,1-4,15H3. The Morgan fingerprint density at radius 1 is 1.07 bits per heavy atom. The molecule has 0 saturated carbocycles. The molecule has 0 atom stereocenters. The molecule has 0 aliphatic carbocycles. The summed E-state index contributed by atoms with van der Waals surface area (Å²) < 4.78 is 5.99. The van der Waals surface area contributed by atoms with Crippen molar-refractivity contribution in [2.45, 2.75) is 78.2 Å². The lowest BCUT2D eigenvalue weighted by Crippen LogP contribution is -2.33. The highest BCUT2D eigenvalue weighted by Gasteiger charge is 2.28. The van der Waals surface area contributed by atoms with Crippen molar-refractivity contribution < 1.29 is 4.43 Å². The lowest BCUT2D eigenvalue weighted by Gasteiger charge is -2.35. The van der Waals surface area contributed by atoms with E-state index in [-0.39, 0.29) is 5.60 Å². The highest BCUT2D eigenvalue weighted by Crippen LogP contribution is 2.31. The molecular weight excluding hydrogens is 200 g/mol. The SMILES string of the molecule is CCCCC(CCCC)(CC(C)C)O[SiH3]. The van der Waals surface area contributed by atoms with Gasteiger partial charge in [0.2, 0.25) is 0 Å². The minimum absolute atomic E-state index is 0.229. The summed E-state index contributed by atoms with van der Waals surface area (Å²) in [6.07, 6.45) is 9.00. The predicted octanol–water partition coefficient (Wildman–Crippen LogP) is 3.45. The molecule has 0 spiro atoms. The molecule has 1 nitrogen and oxygen atoms in total. The topological polar surface area (TPSA) is 9.23 Å². The van der Waals surface area contributed by atoms with Crippen molar-refractivity contribution in [1.82, 2.24) is 0 Å². The number of unbranched alkanes of at least 4 members (excludes halogenated alkanes) is 2. The summed E-state index contributed by atoms with van der Waals surface area (Å²) in [6, 6.07) is 0. The van der Waals surface area contributed by atoms with E-state index in [9.17, 15) is 0 Å². The molecular formula is C13H30OSi. The van der Waals surface area contributed by atoms with Crippen LogP contribution in [0.4, 0.5) is 0 Å². The zero-order valence-electron chi connectivity index (χ0n) is 11.4. The molecule has 92 valence electrons. The Balaban J connectivity index is 4.30. The van der Waals surface area contributed by atoms with Gasteiger partial charge in [-0.05, 0) is 25.2 Å². The van der Waals surface area contributed by atoms with Gasteiger partial charge in [-0.15, -0.1) is 0 Å². The van der Waals surface area contributed by atoms with Crippen LogP contribution in [0.25, 0.3) is 0 Å². The maximum Gasteiger partial charge on any atom is 0.146 e. The Labute approximate surface area is 99.5 Å². The highest BCUT2D eigenvalue weighted by atomic mass is 28.2. The van der Waals surface area contributed by atoms with Gasteiger partial charge in [-0.1, -0.05) is 53.4 Å². The quantitative estimate of drug-likeness (QED) is 0.551. The van der Waals surface area contributed by atoms with E-state index in [0.717, 1.165) is 16.4 Å². The summed E-state index contributed by atoms with van der Waals surface area (Å²) in [6.45, 7) is 9.17. The van der Waals surface area contributed by atoms with Crippen molar-refractivity contribution >= 4 is 10.5 Å². The van der Waals surface area contributed by atoms with Crippen molar-refractivity contribution in [3.63, 3.8) is 0 Å². The van der Waals surface area contributed by atoms with Gasteiger partial charge in [0.25, 0.3) is 0 Å². The van der Waals surface area contributed by atoms with Crippen LogP contribution in [0, 0.1) is 5.92 Å². The van der Waals surface area contributed by atoms with Crippen LogP contribution in [0.15, 0.2) is 0 Å². The molecule has 0 aromatic carbocycles. The lowest BCUT2D eigenvalue weighted by atomic mass is 9.84. The van der Waals surface area contributed by atoms with E-state index in [1.165, 1.54) is 44.9 Å².